The number of hydrogen-bond donors (Lipinski definition) is 1. The maximum absolute atomic E-state index is 12.0. The topological polar surface area (TPSA) is 81.7 Å². The fourth-order valence-electron chi connectivity index (χ4n) is 2.22. The summed E-state index contributed by atoms with van der Waals surface area (Å²) < 4.78 is 9.95. The highest BCUT2D eigenvalue weighted by atomic mass is 35.5. The summed E-state index contributed by atoms with van der Waals surface area (Å²) in [6.07, 6.45) is 3.02. The van der Waals surface area contributed by atoms with Gasteiger partial charge in [-0.3, -0.25) is 14.4 Å². The normalized spacial score (nSPS) is 10.5. The zero-order chi connectivity index (χ0) is 20.4. The number of ether oxygens (including phenoxy) is 2. The summed E-state index contributed by atoms with van der Waals surface area (Å²) in [7, 11) is 1.47. The van der Waals surface area contributed by atoms with E-state index in [1.165, 1.54) is 19.3 Å². The fraction of sp³-hybridized carbons (Fsp3) is 0.190. The van der Waals surface area contributed by atoms with Crippen molar-refractivity contribution in [2.45, 2.75) is 6.42 Å². The maximum Gasteiger partial charge on any atom is 0.308 e. The first-order valence-electron chi connectivity index (χ1n) is 8.53. The Morgan fingerprint density at radius 2 is 1.86 bits per heavy atom. The second kappa shape index (κ2) is 10.9. The van der Waals surface area contributed by atoms with Gasteiger partial charge in [-0.1, -0.05) is 41.9 Å². The lowest BCUT2D eigenvalue weighted by molar-refractivity contribution is -0.142. The van der Waals surface area contributed by atoms with Crippen LogP contribution in [0.3, 0.4) is 0 Å². The summed E-state index contributed by atoms with van der Waals surface area (Å²) in [5, 5.41) is 2.88. The van der Waals surface area contributed by atoms with Crippen LogP contribution in [0.2, 0.25) is 5.02 Å². The summed E-state index contributed by atoms with van der Waals surface area (Å²) in [5.74, 6) is -0.832. The minimum Gasteiger partial charge on any atom is -0.495 e. The number of benzene rings is 2. The van der Waals surface area contributed by atoms with E-state index in [0.717, 1.165) is 5.56 Å². The molecule has 0 saturated heterocycles. The molecule has 2 rings (SSSR count). The number of amides is 1. The van der Waals surface area contributed by atoms with Crippen LogP contribution in [0.25, 0.3) is 6.08 Å². The molecule has 0 saturated carbocycles. The van der Waals surface area contributed by atoms with Gasteiger partial charge in [0, 0.05) is 18.2 Å². The van der Waals surface area contributed by atoms with Crippen LogP contribution < -0.4 is 10.1 Å². The van der Waals surface area contributed by atoms with E-state index >= 15 is 0 Å². The summed E-state index contributed by atoms with van der Waals surface area (Å²) in [4.78, 5) is 35.5. The zero-order valence-electron chi connectivity index (χ0n) is 15.3. The van der Waals surface area contributed by atoms with Crippen LogP contribution >= 0.6 is 11.6 Å². The number of hydrogen-bond acceptors (Lipinski definition) is 5. The van der Waals surface area contributed by atoms with Gasteiger partial charge >= 0.3 is 5.97 Å². The third-order valence-electron chi connectivity index (χ3n) is 3.69. The van der Waals surface area contributed by atoms with Crippen LogP contribution in [0, 0.1) is 0 Å². The molecule has 0 radical (unpaired) electrons. The monoisotopic (exact) mass is 401 g/mol. The lowest BCUT2D eigenvalue weighted by atomic mass is 10.1. The highest BCUT2D eigenvalue weighted by Crippen LogP contribution is 2.25. The van der Waals surface area contributed by atoms with Crippen LogP contribution in [0.15, 0.2) is 54.6 Å². The molecule has 0 unspecified atom stereocenters. The molecule has 0 aliphatic carbocycles. The van der Waals surface area contributed by atoms with Crippen molar-refractivity contribution in [2.75, 3.05) is 20.3 Å². The third-order valence-corrected chi connectivity index (χ3v) is 3.99. The quantitative estimate of drug-likeness (QED) is 0.396. The number of nitrogens with one attached hydrogen (secondary N) is 1. The van der Waals surface area contributed by atoms with Gasteiger partial charge in [0.25, 0.3) is 0 Å². The minimum atomic E-state index is -0.583. The third kappa shape index (κ3) is 6.89. The van der Waals surface area contributed by atoms with Crippen molar-refractivity contribution in [1.29, 1.82) is 0 Å². The van der Waals surface area contributed by atoms with Crippen LogP contribution in [-0.4, -0.2) is 37.9 Å². The number of carbonyl (C=O) groups excluding carboxylic acids is 3. The van der Waals surface area contributed by atoms with E-state index in [9.17, 15) is 14.4 Å². The summed E-state index contributed by atoms with van der Waals surface area (Å²) in [6, 6.07) is 13.9. The first-order valence-corrected chi connectivity index (χ1v) is 8.90. The molecule has 0 aliphatic rings. The van der Waals surface area contributed by atoms with Crippen molar-refractivity contribution in [3.63, 3.8) is 0 Å². The van der Waals surface area contributed by atoms with Gasteiger partial charge in [0.05, 0.1) is 18.6 Å². The molecule has 6 nitrogen and oxygen atoms in total. The summed E-state index contributed by atoms with van der Waals surface area (Å²) >= 11 is 5.97. The van der Waals surface area contributed by atoms with Crippen molar-refractivity contribution in [3.8, 4) is 5.75 Å². The Labute approximate surface area is 168 Å². The van der Waals surface area contributed by atoms with Gasteiger partial charge in [-0.25, -0.2) is 0 Å². The van der Waals surface area contributed by atoms with Crippen LogP contribution in [0.5, 0.6) is 5.75 Å². The van der Waals surface area contributed by atoms with E-state index < -0.39 is 12.6 Å². The highest BCUT2D eigenvalue weighted by molar-refractivity contribution is 6.32. The number of rotatable bonds is 9. The van der Waals surface area contributed by atoms with E-state index in [2.05, 4.69) is 5.32 Å². The number of carbonyl (C=O) groups is 3. The van der Waals surface area contributed by atoms with Gasteiger partial charge in [-0.2, -0.15) is 0 Å². The van der Waals surface area contributed by atoms with Gasteiger partial charge in [0.15, 0.2) is 12.4 Å². The van der Waals surface area contributed by atoms with Crippen molar-refractivity contribution in [1.82, 2.24) is 5.32 Å². The lowest BCUT2D eigenvalue weighted by Crippen LogP contribution is -2.25. The molecule has 28 heavy (non-hydrogen) atoms. The molecule has 0 fully saturated rings. The van der Waals surface area contributed by atoms with Gasteiger partial charge in [-0.05, 0) is 29.8 Å². The average molecular weight is 402 g/mol. The Balaban J connectivity index is 1.69. The molecule has 0 aliphatic heterocycles. The smallest absolute Gasteiger partial charge is 0.308 e. The van der Waals surface area contributed by atoms with E-state index in [1.54, 1.807) is 18.2 Å². The Morgan fingerprint density at radius 3 is 2.54 bits per heavy atom. The molecular formula is C21H20ClNO5. The lowest BCUT2D eigenvalue weighted by Gasteiger charge is -2.07. The van der Waals surface area contributed by atoms with E-state index in [1.807, 2.05) is 30.3 Å². The number of ketones is 1. The predicted molar refractivity (Wildman–Crippen MR) is 106 cm³/mol. The SMILES string of the molecule is COc1ccc(C(=O)COC(=O)CCNC(=O)/C=C/c2ccccc2)cc1Cl. The zero-order valence-corrected chi connectivity index (χ0v) is 16.1. The van der Waals surface area contributed by atoms with E-state index in [4.69, 9.17) is 21.1 Å². The van der Waals surface area contributed by atoms with Gasteiger partial charge in [-0.15, -0.1) is 0 Å². The van der Waals surface area contributed by atoms with Gasteiger partial charge in [0.2, 0.25) is 5.91 Å². The molecule has 1 amide bonds. The molecule has 1 N–H and O–H groups in total. The molecule has 0 aromatic heterocycles. The van der Waals surface area contributed by atoms with Gasteiger partial charge in [0.1, 0.15) is 5.75 Å². The number of methoxy groups -OCH3 is 1. The number of esters is 1. The second-order valence-electron chi connectivity index (χ2n) is 5.72. The largest absolute Gasteiger partial charge is 0.495 e. The number of halogens is 1. The maximum atomic E-state index is 12.0. The van der Waals surface area contributed by atoms with Crippen LogP contribution in [0.4, 0.5) is 0 Å². The van der Waals surface area contributed by atoms with Crippen molar-refractivity contribution >= 4 is 35.3 Å². The van der Waals surface area contributed by atoms with Crippen molar-refractivity contribution < 1.29 is 23.9 Å². The van der Waals surface area contributed by atoms with Crippen LogP contribution in [0.1, 0.15) is 22.3 Å². The second-order valence-corrected chi connectivity index (χ2v) is 6.13. The molecule has 146 valence electrons. The molecular weight excluding hydrogens is 382 g/mol. The molecule has 0 spiro atoms. The first kappa shape index (κ1) is 21.2. The minimum absolute atomic E-state index is 0.0401. The fourth-order valence-corrected chi connectivity index (χ4v) is 2.48. The highest BCUT2D eigenvalue weighted by Gasteiger charge is 2.12. The van der Waals surface area contributed by atoms with E-state index in [-0.39, 0.29) is 24.7 Å². The molecule has 0 heterocycles. The molecule has 2 aromatic carbocycles. The Morgan fingerprint density at radius 1 is 1.11 bits per heavy atom. The Kier molecular flexibility index (Phi) is 8.24. The van der Waals surface area contributed by atoms with E-state index in [0.29, 0.717) is 16.3 Å². The first-order chi connectivity index (χ1) is 13.5. The van der Waals surface area contributed by atoms with Gasteiger partial charge < -0.3 is 14.8 Å². The van der Waals surface area contributed by atoms with Crippen molar-refractivity contribution in [2.24, 2.45) is 0 Å². The molecule has 7 heteroatoms. The molecule has 0 bridgehead atoms. The standard InChI is InChI=1S/C21H20ClNO5/c1-27-19-9-8-16(13-17(19)22)18(24)14-28-21(26)11-12-23-20(25)10-7-15-5-3-2-4-6-15/h2-10,13H,11-12,14H2,1H3,(H,23,25)/b10-7+. The summed E-state index contributed by atoms with van der Waals surface area (Å²) in [6.45, 7) is -0.289. The predicted octanol–water partition coefficient (Wildman–Crippen LogP) is 3.29. The Hall–Kier alpha value is -3.12. The summed E-state index contributed by atoms with van der Waals surface area (Å²) in [5.41, 5.74) is 1.21. The van der Waals surface area contributed by atoms with Crippen LogP contribution in [-0.2, 0) is 14.3 Å². The molecule has 2 aromatic rings. The molecule has 0 atom stereocenters. The Bertz CT molecular complexity index is 864. The van der Waals surface area contributed by atoms with Crippen molar-refractivity contribution in [3.05, 3.63) is 70.8 Å². The average Bonchev–Trinajstić information content (AvgIpc) is 2.71. The number of Topliss-reactive ketones (excluding diaryl/α,β-unsaturated/α-hetero) is 1.